The lowest BCUT2D eigenvalue weighted by Gasteiger charge is -2.37. The quantitative estimate of drug-likeness (QED) is 0.698. The lowest BCUT2D eigenvalue weighted by molar-refractivity contribution is -0.133. The monoisotopic (exact) mass is 324 g/mol. The Morgan fingerprint density at radius 3 is 3.04 bits per heavy atom. The van der Waals surface area contributed by atoms with Gasteiger partial charge in [-0.25, -0.2) is 0 Å². The van der Waals surface area contributed by atoms with Crippen LogP contribution in [-0.4, -0.2) is 79.1 Å². The molecule has 3 aliphatic rings. The van der Waals surface area contributed by atoms with Gasteiger partial charge in [0.2, 0.25) is 11.8 Å². The molecule has 3 saturated heterocycles. The molecule has 3 aliphatic heterocycles. The zero-order valence-corrected chi connectivity index (χ0v) is 13.9. The van der Waals surface area contributed by atoms with E-state index in [1.807, 2.05) is 4.90 Å². The summed E-state index contributed by atoms with van der Waals surface area (Å²) in [5.74, 6) is 0.293. The first-order valence-electron chi connectivity index (χ1n) is 8.67. The highest BCUT2D eigenvalue weighted by atomic mass is 16.5. The van der Waals surface area contributed by atoms with E-state index in [1.165, 1.54) is 0 Å². The van der Waals surface area contributed by atoms with Gasteiger partial charge in [0.15, 0.2) is 0 Å². The largest absolute Gasteiger partial charge is 0.383 e. The molecule has 0 saturated carbocycles. The maximum atomic E-state index is 12.5. The number of amides is 2. The fourth-order valence-corrected chi connectivity index (χ4v) is 4.24. The number of carbonyl (C=O) groups is 2. The lowest BCUT2D eigenvalue weighted by atomic mass is 10.0. The van der Waals surface area contributed by atoms with E-state index in [1.54, 1.807) is 7.11 Å². The summed E-state index contributed by atoms with van der Waals surface area (Å²) in [5, 5.41) is 2.97. The van der Waals surface area contributed by atoms with E-state index in [2.05, 4.69) is 10.2 Å². The van der Waals surface area contributed by atoms with Gasteiger partial charge < -0.3 is 20.7 Å². The van der Waals surface area contributed by atoms with Crippen molar-refractivity contribution in [1.82, 2.24) is 15.1 Å². The predicted octanol–water partition coefficient (Wildman–Crippen LogP) is -0.696. The first kappa shape index (κ1) is 16.7. The van der Waals surface area contributed by atoms with Gasteiger partial charge in [-0.15, -0.1) is 0 Å². The van der Waals surface area contributed by atoms with Crippen LogP contribution >= 0.6 is 0 Å². The summed E-state index contributed by atoms with van der Waals surface area (Å²) in [6.45, 7) is 2.84. The Hall–Kier alpha value is -1.18. The Labute approximate surface area is 137 Å². The summed E-state index contributed by atoms with van der Waals surface area (Å²) in [7, 11) is 1.68. The lowest BCUT2D eigenvalue weighted by Crippen LogP contribution is -2.58. The summed E-state index contributed by atoms with van der Waals surface area (Å²) in [4.78, 5) is 28.6. The minimum absolute atomic E-state index is 0.0618. The van der Waals surface area contributed by atoms with E-state index in [0.717, 1.165) is 38.8 Å². The van der Waals surface area contributed by atoms with Crippen LogP contribution in [-0.2, 0) is 14.3 Å². The first-order chi connectivity index (χ1) is 11.1. The number of methoxy groups -OCH3 is 1. The second-order valence-corrected chi connectivity index (χ2v) is 6.98. The van der Waals surface area contributed by atoms with Crippen LogP contribution in [0, 0.1) is 0 Å². The highest BCUT2D eigenvalue weighted by Gasteiger charge is 2.42. The molecule has 0 radical (unpaired) electrons. The Morgan fingerprint density at radius 2 is 2.26 bits per heavy atom. The van der Waals surface area contributed by atoms with Gasteiger partial charge >= 0.3 is 0 Å². The Balaban J connectivity index is 1.53. The van der Waals surface area contributed by atoms with Crippen LogP contribution < -0.4 is 11.1 Å². The van der Waals surface area contributed by atoms with Crippen molar-refractivity contribution in [2.24, 2.45) is 5.73 Å². The van der Waals surface area contributed by atoms with Crippen molar-refractivity contribution in [2.45, 2.75) is 56.3 Å². The van der Waals surface area contributed by atoms with Crippen molar-refractivity contribution in [3.63, 3.8) is 0 Å². The number of hydrogen-bond acceptors (Lipinski definition) is 5. The summed E-state index contributed by atoms with van der Waals surface area (Å²) >= 11 is 0. The molecule has 130 valence electrons. The van der Waals surface area contributed by atoms with E-state index >= 15 is 0 Å². The molecule has 0 aliphatic carbocycles. The Bertz CT molecular complexity index is 459. The van der Waals surface area contributed by atoms with Crippen LogP contribution in [0.3, 0.4) is 0 Å². The molecule has 3 N–H and O–H groups in total. The maximum absolute atomic E-state index is 12.5. The van der Waals surface area contributed by atoms with Crippen molar-refractivity contribution < 1.29 is 14.3 Å². The molecule has 3 heterocycles. The number of ether oxygens (including phenoxy) is 1. The molecule has 0 aromatic carbocycles. The van der Waals surface area contributed by atoms with Crippen molar-refractivity contribution >= 4 is 11.8 Å². The van der Waals surface area contributed by atoms with Crippen LogP contribution in [0.15, 0.2) is 0 Å². The smallest absolute Gasteiger partial charge is 0.237 e. The third-order valence-corrected chi connectivity index (χ3v) is 5.40. The topological polar surface area (TPSA) is 87.9 Å². The molecular weight excluding hydrogens is 296 g/mol. The highest BCUT2D eigenvalue weighted by molar-refractivity contribution is 5.83. The molecule has 7 heteroatoms. The van der Waals surface area contributed by atoms with Gasteiger partial charge in [-0.2, -0.15) is 0 Å². The summed E-state index contributed by atoms with van der Waals surface area (Å²) < 4.78 is 5.22. The van der Waals surface area contributed by atoms with Gasteiger partial charge in [0.1, 0.15) is 0 Å². The van der Waals surface area contributed by atoms with Gasteiger partial charge in [0, 0.05) is 45.2 Å². The van der Waals surface area contributed by atoms with Crippen LogP contribution in [0.1, 0.15) is 32.1 Å². The van der Waals surface area contributed by atoms with Crippen molar-refractivity contribution in [3.05, 3.63) is 0 Å². The predicted molar refractivity (Wildman–Crippen MR) is 85.7 cm³/mol. The number of piperazine rings is 1. The summed E-state index contributed by atoms with van der Waals surface area (Å²) in [6, 6.07) is 0.406. The number of nitrogens with two attached hydrogens (primary N) is 1. The molecule has 0 aromatic rings. The molecule has 0 bridgehead atoms. The normalized spacial score (nSPS) is 34.5. The zero-order valence-electron chi connectivity index (χ0n) is 13.9. The van der Waals surface area contributed by atoms with Gasteiger partial charge in [0.25, 0.3) is 0 Å². The minimum Gasteiger partial charge on any atom is -0.383 e. The van der Waals surface area contributed by atoms with Crippen LogP contribution in [0.2, 0.25) is 0 Å². The molecule has 0 spiro atoms. The molecular formula is C16H28N4O3. The fourth-order valence-electron chi connectivity index (χ4n) is 4.24. The molecule has 3 rings (SSSR count). The average molecular weight is 324 g/mol. The van der Waals surface area contributed by atoms with E-state index in [4.69, 9.17) is 10.5 Å². The molecule has 3 fully saturated rings. The third kappa shape index (κ3) is 3.51. The number of carbonyl (C=O) groups excluding carboxylic acids is 2. The van der Waals surface area contributed by atoms with E-state index < -0.39 is 0 Å². The standard InChI is InChI=1S/C16H28N4O3/c1-23-10-13-3-2-6-19(13)15(21)5-4-12-8-18-16(22)14-7-11(17)9-20(12)14/h11-14H,2-10,17H2,1H3,(H,18,22). The number of nitrogens with one attached hydrogen (secondary N) is 1. The molecule has 4 unspecified atom stereocenters. The number of fused-ring (bicyclic) bond motifs is 1. The highest BCUT2D eigenvalue weighted by Crippen LogP contribution is 2.26. The van der Waals surface area contributed by atoms with Crippen molar-refractivity contribution in [1.29, 1.82) is 0 Å². The van der Waals surface area contributed by atoms with Gasteiger partial charge in [-0.05, 0) is 25.7 Å². The first-order valence-corrected chi connectivity index (χ1v) is 8.67. The number of rotatable bonds is 5. The summed E-state index contributed by atoms with van der Waals surface area (Å²) in [5.41, 5.74) is 6.02. The maximum Gasteiger partial charge on any atom is 0.237 e. The Kier molecular flexibility index (Phi) is 5.18. The number of nitrogens with zero attached hydrogens (tertiary/aromatic N) is 2. The summed E-state index contributed by atoms with van der Waals surface area (Å²) in [6.07, 6.45) is 4.11. The Morgan fingerprint density at radius 1 is 1.43 bits per heavy atom. The SMILES string of the molecule is COCC1CCCN1C(=O)CCC1CNC(=O)C2CC(N)CN12. The number of hydrogen-bond donors (Lipinski definition) is 2. The average Bonchev–Trinajstić information content (AvgIpc) is 3.13. The zero-order chi connectivity index (χ0) is 16.4. The van der Waals surface area contributed by atoms with Crippen molar-refractivity contribution in [2.75, 3.05) is 33.4 Å². The minimum atomic E-state index is -0.105. The van der Waals surface area contributed by atoms with Crippen LogP contribution in [0.5, 0.6) is 0 Å². The van der Waals surface area contributed by atoms with E-state index in [-0.39, 0.29) is 36.0 Å². The van der Waals surface area contributed by atoms with Gasteiger partial charge in [0.05, 0.1) is 18.7 Å². The van der Waals surface area contributed by atoms with E-state index in [0.29, 0.717) is 19.6 Å². The molecule has 0 aromatic heterocycles. The van der Waals surface area contributed by atoms with Gasteiger partial charge in [-0.3, -0.25) is 14.5 Å². The van der Waals surface area contributed by atoms with E-state index in [9.17, 15) is 9.59 Å². The van der Waals surface area contributed by atoms with Gasteiger partial charge in [-0.1, -0.05) is 0 Å². The molecule has 7 nitrogen and oxygen atoms in total. The number of likely N-dealkylation sites (tertiary alicyclic amines) is 1. The second-order valence-electron chi connectivity index (χ2n) is 6.98. The molecule has 2 amide bonds. The molecule has 4 atom stereocenters. The fraction of sp³-hybridized carbons (Fsp3) is 0.875. The van der Waals surface area contributed by atoms with Crippen LogP contribution in [0.25, 0.3) is 0 Å². The second kappa shape index (κ2) is 7.15. The van der Waals surface area contributed by atoms with Crippen molar-refractivity contribution in [3.8, 4) is 0 Å². The van der Waals surface area contributed by atoms with Crippen LogP contribution in [0.4, 0.5) is 0 Å². The molecule has 23 heavy (non-hydrogen) atoms. The third-order valence-electron chi connectivity index (χ3n) is 5.40.